The Labute approximate surface area is 129 Å². The van der Waals surface area contributed by atoms with Gasteiger partial charge in [-0.2, -0.15) is 0 Å². The molecule has 0 fully saturated rings. The van der Waals surface area contributed by atoms with Crippen LogP contribution in [0.4, 0.5) is 16.2 Å². The highest BCUT2D eigenvalue weighted by molar-refractivity contribution is 5.98. The van der Waals surface area contributed by atoms with E-state index in [1.807, 2.05) is 18.2 Å². The number of rotatable bonds is 3. The summed E-state index contributed by atoms with van der Waals surface area (Å²) in [5.41, 5.74) is 2.77. The molecule has 1 aliphatic rings. The second kappa shape index (κ2) is 6.46. The lowest BCUT2D eigenvalue weighted by molar-refractivity contribution is -0.120. The molecule has 22 heavy (non-hydrogen) atoms. The monoisotopic (exact) mass is 304 g/mol. The maximum atomic E-state index is 11.8. The van der Waals surface area contributed by atoms with Crippen molar-refractivity contribution in [2.24, 2.45) is 0 Å². The number of benzene rings is 1. The molecule has 2 rings (SSSR count). The molecule has 0 radical (unpaired) electrons. The average Bonchev–Trinajstić information content (AvgIpc) is 2.90. The molecule has 0 spiro atoms. The first-order valence-electron chi connectivity index (χ1n) is 7.12. The number of anilines is 2. The molecule has 0 saturated carbocycles. The van der Waals surface area contributed by atoms with Crippen molar-refractivity contribution < 1.29 is 14.4 Å². The van der Waals surface area contributed by atoms with Crippen LogP contribution in [0.25, 0.3) is 0 Å². The number of carbonyl (C=O) groups is 3. The van der Waals surface area contributed by atoms with Gasteiger partial charge in [-0.3, -0.25) is 14.9 Å². The zero-order valence-electron chi connectivity index (χ0n) is 12.9. The van der Waals surface area contributed by atoms with Crippen molar-refractivity contribution in [3.63, 3.8) is 0 Å². The van der Waals surface area contributed by atoms with Crippen LogP contribution >= 0.6 is 0 Å². The molecule has 0 bridgehead atoms. The first-order valence-corrected chi connectivity index (χ1v) is 7.12. The fourth-order valence-corrected chi connectivity index (χ4v) is 2.42. The van der Waals surface area contributed by atoms with Gasteiger partial charge in [0.25, 0.3) is 0 Å². The van der Waals surface area contributed by atoms with Crippen LogP contribution in [0.3, 0.4) is 0 Å². The topological polar surface area (TPSA) is 90.5 Å². The molecular weight excluding hydrogens is 284 g/mol. The van der Waals surface area contributed by atoms with E-state index < -0.39 is 18.0 Å². The van der Waals surface area contributed by atoms with E-state index in [4.69, 9.17) is 0 Å². The third-order valence-corrected chi connectivity index (χ3v) is 3.60. The predicted octanol–water partition coefficient (Wildman–Crippen LogP) is 0.852. The fraction of sp³-hybridized carbons (Fsp3) is 0.400. The van der Waals surface area contributed by atoms with Crippen molar-refractivity contribution in [2.45, 2.75) is 26.3 Å². The molecule has 118 valence electrons. The highest BCUT2D eigenvalue weighted by Gasteiger charge is 2.23. The van der Waals surface area contributed by atoms with Crippen LogP contribution in [-0.2, 0) is 16.0 Å². The van der Waals surface area contributed by atoms with E-state index in [0.717, 1.165) is 23.4 Å². The lowest BCUT2D eigenvalue weighted by Crippen LogP contribution is -2.44. The van der Waals surface area contributed by atoms with Crippen molar-refractivity contribution in [1.82, 2.24) is 10.6 Å². The Bertz CT molecular complexity index is 615. The van der Waals surface area contributed by atoms with Gasteiger partial charge in [0.15, 0.2) is 0 Å². The van der Waals surface area contributed by atoms with E-state index in [0.29, 0.717) is 6.54 Å². The highest BCUT2D eigenvalue weighted by Crippen LogP contribution is 2.30. The van der Waals surface area contributed by atoms with Crippen molar-refractivity contribution in [3.8, 4) is 0 Å². The van der Waals surface area contributed by atoms with Gasteiger partial charge in [-0.15, -0.1) is 0 Å². The quantitative estimate of drug-likeness (QED) is 0.772. The number of nitrogens with one attached hydrogen (secondary N) is 3. The van der Waals surface area contributed by atoms with Gasteiger partial charge in [0.2, 0.25) is 11.8 Å². The molecule has 1 aromatic rings. The van der Waals surface area contributed by atoms with E-state index in [9.17, 15) is 14.4 Å². The maximum absolute atomic E-state index is 11.8. The Morgan fingerprint density at radius 2 is 2.00 bits per heavy atom. The number of amides is 4. The summed E-state index contributed by atoms with van der Waals surface area (Å²) in [7, 11) is 1.45. The van der Waals surface area contributed by atoms with Gasteiger partial charge in [0, 0.05) is 31.9 Å². The number of imide groups is 1. The summed E-state index contributed by atoms with van der Waals surface area (Å²) in [6, 6.07) is 4.53. The average molecular weight is 304 g/mol. The summed E-state index contributed by atoms with van der Waals surface area (Å²) in [5, 5.41) is 7.60. The van der Waals surface area contributed by atoms with Crippen LogP contribution < -0.4 is 20.9 Å². The maximum Gasteiger partial charge on any atom is 0.321 e. The smallest absolute Gasteiger partial charge is 0.321 e. The van der Waals surface area contributed by atoms with Gasteiger partial charge in [-0.05, 0) is 37.1 Å². The Hall–Kier alpha value is -2.57. The van der Waals surface area contributed by atoms with Crippen LogP contribution in [0.5, 0.6) is 0 Å². The Balaban J connectivity index is 2.04. The van der Waals surface area contributed by atoms with Crippen molar-refractivity contribution in [2.75, 3.05) is 23.8 Å². The summed E-state index contributed by atoms with van der Waals surface area (Å²) in [5.74, 6) is -0.386. The number of fused-ring (bicyclic) bond motifs is 1. The SMILES string of the molecule is CNC(=O)NC(=O)C(C)Nc1ccc2c(c1)CCN2C(C)=O. The summed E-state index contributed by atoms with van der Waals surface area (Å²) in [6.45, 7) is 3.90. The highest BCUT2D eigenvalue weighted by atomic mass is 16.2. The standard InChI is InChI=1S/C15H20N4O3/c1-9(14(21)18-15(22)16-3)17-12-4-5-13-11(8-12)6-7-19(13)10(2)20/h4-5,8-9,17H,6-7H2,1-3H3,(H2,16,18,21,22). The third kappa shape index (κ3) is 3.36. The third-order valence-electron chi connectivity index (χ3n) is 3.60. The second-order valence-corrected chi connectivity index (χ2v) is 5.20. The molecule has 4 amide bonds. The van der Waals surface area contributed by atoms with Crippen LogP contribution in [0.1, 0.15) is 19.4 Å². The zero-order chi connectivity index (χ0) is 16.3. The predicted molar refractivity (Wildman–Crippen MR) is 83.9 cm³/mol. The molecule has 1 unspecified atom stereocenters. The lowest BCUT2D eigenvalue weighted by Gasteiger charge is -2.17. The van der Waals surface area contributed by atoms with E-state index >= 15 is 0 Å². The normalized spacial score (nSPS) is 14.0. The molecular formula is C15H20N4O3. The van der Waals surface area contributed by atoms with Crippen LogP contribution in [0.2, 0.25) is 0 Å². The Kier molecular flexibility index (Phi) is 4.65. The summed E-state index contributed by atoms with van der Waals surface area (Å²) in [6.07, 6.45) is 0.795. The number of carbonyl (C=O) groups excluding carboxylic acids is 3. The number of nitrogens with zero attached hydrogens (tertiary/aromatic N) is 1. The summed E-state index contributed by atoms with van der Waals surface area (Å²) >= 11 is 0. The van der Waals surface area contributed by atoms with Crippen molar-refractivity contribution in [3.05, 3.63) is 23.8 Å². The molecule has 1 heterocycles. The van der Waals surface area contributed by atoms with Crippen LogP contribution in [-0.4, -0.2) is 37.5 Å². The van der Waals surface area contributed by atoms with E-state index in [1.54, 1.807) is 18.7 Å². The van der Waals surface area contributed by atoms with E-state index in [1.165, 1.54) is 7.05 Å². The van der Waals surface area contributed by atoms with Crippen LogP contribution in [0, 0.1) is 0 Å². The van der Waals surface area contributed by atoms with E-state index in [2.05, 4.69) is 16.0 Å². The van der Waals surface area contributed by atoms with Gasteiger partial charge in [0.05, 0.1) is 0 Å². The summed E-state index contributed by atoms with van der Waals surface area (Å²) < 4.78 is 0. The van der Waals surface area contributed by atoms with Gasteiger partial charge < -0.3 is 15.5 Å². The van der Waals surface area contributed by atoms with Crippen LogP contribution in [0.15, 0.2) is 18.2 Å². The van der Waals surface area contributed by atoms with Crippen molar-refractivity contribution >= 4 is 29.2 Å². The molecule has 0 aromatic heterocycles. The zero-order valence-corrected chi connectivity index (χ0v) is 12.9. The minimum Gasteiger partial charge on any atom is -0.374 e. The molecule has 7 nitrogen and oxygen atoms in total. The minimum absolute atomic E-state index is 0.0257. The number of urea groups is 1. The van der Waals surface area contributed by atoms with Crippen molar-refractivity contribution in [1.29, 1.82) is 0 Å². The Morgan fingerprint density at radius 1 is 1.27 bits per heavy atom. The number of hydrogen-bond donors (Lipinski definition) is 3. The fourth-order valence-electron chi connectivity index (χ4n) is 2.42. The van der Waals surface area contributed by atoms with Gasteiger partial charge >= 0.3 is 6.03 Å². The molecule has 1 aromatic carbocycles. The minimum atomic E-state index is -0.555. The van der Waals surface area contributed by atoms with Gasteiger partial charge in [0.1, 0.15) is 6.04 Å². The summed E-state index contributed by atoms with van der Waals surface area (Å²) in [4.78, 5) is 36.2. The van der Waals surface area contributed by atoms with Gasteiger partial charge in [-0.25, -0.2) is 4.79 Å². The molecule has 0 saturated heterocycles. The molecule has 3 N–H and O–H groups in total. The molecule has 1 atom stereocenters. The Morgan fingerprint density at radius 3 is 2.64 bits per heavy atom. The first kappa shape index (κ1) is 15.8. The first-order chi connectivity index (χ1) is 10.4. The lowest BCUT2D eigenvalue weighted by atomic mass is 10.1. The second-order valence-electron chi connectivity index (χ2n) is 5.20. The molecule has 1 aliphatic heterocycles. The molecule has 7 heteroatoms. The largest absolute Gasteiger partial charge is 0.374 e. The number of hydrogen-bond acceptors (Lipinski definition) is 4. The van der Waals surface area contributed by atoms with Gasteiger partial charge in [-0.1, -0.05) is 0 Å². The van der Waals surface area contributed by atoms with E-state index in [-0.39, 0.29) is 5.91 Å². The molecule has 0 aliphatic carbocycles.